The molecule has 28 heavy (non-hydrogen) atoms. The largest absolute Gasteiger partial charge is 0.481 e. The van der Waals surface area contributed by atoms with Gasteiger partial charge in [0.25, 0.3) is 0 Å². The SMILES string of the molecule is CC[C@H](C)[C@@H](NC)C(C(=O)O)C(=O)OCC1c2ccccc2-c2ccccc21. The monoisotopic (exact) mass is 381 g/mol. The minimum atomic E-state index is -1.23. The number of fused-ring (bicyclic) bond motifs is 3. The van der Waals surface area contributed by atoms with E-state index in [1.54, 1.807) is 7.05 Å². The normalized spacial score (nSPS) is 16.0. The molecule has 1 aliphatic rings. The first-order chi connectivity index (χ1) is 13.5. The molecule has 3 rings (SSSR count). The lowest BCUT2D eigenvalue weighted by Gasteiger charge is -2.27. The number of hydrogen-bond acceptors (Lipinski definition) is 4. The Balaban J connectivity index is 1.81. The Bertz CT molecular complexity index is 818. The van der Waals surface area contributed by atoms with Crippen molar-refractivity contribution in [2.24, 2.45) is 11.8 Å². The minimum Gasteiger partial charge on any atom is -0.481 e. The van der Waals surface area contributed by atoms with Crippen LogP contribution in [0.2, 0.25) is 0 Å². The maximum absolute atomic E-state index is 12.7. The van der Waals surface area contributed by atoms with Crippen LogP contribution in [-0.4, -0.2) is 36.7 Å². The summed E-state index contributed by atoms with van der Waals surface area (Å²) < 4.78 is 5.58. The number of benzene rings is 2. The molecule has 0 aliphatic heterocycles. The predicted molar refractivity (Wildman–Crippen MR) is 108 cm³/mol. The number of ether oxygens (including phenoxy) is 1. The smallest absolute Gasteiger partial charge is 0.321 e. The number of carbonyl (C=O) groups is 2. The van der Waals surface area contributed by atoms with Crippen LogP contribution in [0.5, 0.6) is 0 Å². The Morgan fingerprint density at radius 2 is 1.61 bits per heavy atom. The van der Waals surface area contributed by atoms with Crippen molar-refractivity contribution in [1.82, 2.24) is 5.32 Å². The van der Waals surface area contributed by atoms with Gasteiger partial charge >= 0.3 is 11.9 Å². The summed E-state index contributed by atoms with van der Waals surface area (Å²) >= 11 is 0. The zero-order valence-electron chi connectivity index (χ0n) is 16.5. The van der Waals surface area contributed by atoms with Crippen LogP contribution < -0.4 is 5.32 Å². The summed E-state index contributed by atoms with van der Waals surface area (Å²) in [6, 6.07) is 15.7. The van der Waals surface area contributed by atoms with Gasteiger partial charge in [0.1, 0.15) is 6.61 Å². The summed E-state index contributed by atoms with van der Waals surface area (Å²) in [5.41, 5.74) is 4.49. The molecule has 0 amide bonds. The molecule has 2 N–H and O–H groups in total. The van der Waals surface area contributed by atoms with E-state index in [0.29, 0.717) is 0 Å². The summed E-state index contributed by atoms with van der Waals surface area (Å²) in [4.78, 5) is 24.6. The van der Waals surface area contributed by atoms with Crippen molar-refractivity contribution >= 4 is 11.9 Å². The summed E-state index contributed by atoms with van der Waals surface area (Å²) in [6.45, 7) is 4.05. The van der Waals surface area contributed by atoms with E-state index >= 15 is 0 Å². The van der Waals surface area contributed by atoms with E-state index in [4.69, 9.17) is 4.74 Å². The summed E-state index contributed by atoms with van der Waals surface area (Å²) in [6.07, 6.45) is 0.770. The van der Waals surface area contributed by atoms with Crippen LogP contribution >= 0.6 is 0 Å². The van der Waals surface area contributed by atoms with Crippen molar-refractivity contribution in [3.8, 4) is 11.1 Å². The van der Waals surface area contributed by atoms with Gasteiger partial charge in [0.05, 0.1) is 0 Å². The number of aliphatic carboxylic acids is 1. The van der Waals surface area contributed by atoms with E-state index in [1.807, 2.05) is 50.2 Å². The van der Waals surface area contributed by atoms with Gasteiger partial charge in [-0.25, -0.2) is 0 Å². The zero-order chi connectivity index (χ0) is 20.3. The van der Waals surface area contributed by atoms with E-state index in [-0.39, 0.29) is 18.4 Å². The third-order valence-electron chi connectivity index (χ3n) is 5.82. The lowest BCUT2D eigenvalue weighted by Crippen LogP contribution is -2.47. The topological polar surface area (TPSA) is 75.6 Å². The molecule has 5 nitrogen and oxygen atoms in total. The van der Waals surface area contributed by atoms with Gasteiger partial charge in [-0.1, -0.05) is 68.8 Å². The highest BCUT2D eigenvalue weighted by molar-refractivity contribution is 5.95. The molecule has 148 valence electrons. The number of carboxylic acid groups (broad SMARTS) is 1. The van der Waals surface area contributed by atoms with E-state index in [9.17, 15) is 14.7 Å². The summed E-state index contributed by atoms with van der Waals surface area (Å²) in [7, 11) is 1.68. The highest BCUT2D eigenvalue weighted by Gasteiger charge is 2.39. The summed E-state index contributed by atoms with van der Waals surface area (Å²) in [5.74, 6) is -3.12. The van der Waals surface area contributed by atoms with E-state index in [0.717, 1.165) is 28.7 Å². The van der Waals surface area contributed by atoms with Gasteiger partial charge in [-0.2, -0.15) is 0 Å². The van der Waals surface area contributed by atoms with Gasteiger partial charge in [0, 0.05) is 12.0 Å². The average molecular weight is 381 g/mol. The Labute approximate surface area is 165 Å². The molecule has 1 aliphatic carbocycles. The molecule has 0 spiro atoms. The van der Waals surface area contributed by atoms with E-state index < -0.39 is 23.9 Å². The Morgan fingerprint density at radius 3 is 2.07 bits per heavy atom. The number of rotatable bonds is 8. The second-order valence-corrected chi connectivity index (χ2v) is 7.37. The zero-order valence-corrected chi connectivity index (χ0v) is 16.5. The number of carbonyl (C=O) groups excluding carboxylic acids is 1. The van der Waals surface area contributed by atoms with Gasteiger partial charge in [-0.3, -0.25) is 9.59 Å². The van der Waals surface area contributed by atoms with Crippen molar-refractivity contribution in [1.29, 1.82) is 0 Å². The third-order valence-corrected chi connectivity index (χ3v) is 5.82. The Morgan fingerprint density at radius 1 is 1.07 bits per heavy atom. The van der Waals surface area contributed by atoms with Crippen molar-refractivity contribution in [3.63, 3.8) is 0 Å². The molecule has 0 saturated carbocycles. The molecular formula is C23H27NO4. The fraction of sp³-hybridized carbons (Fsp3) is 0.391. The highest BCUT2D eigenvalue weighted by Crippen LogP contribution is 2.44. The number of nitrogens with one attached hydrogen (secondary N) is 1. The van der Waals surface area contributed by atoms with Crippen molar-refractivity contribution in [2.75, 3.05) is 13.7 Å². The van der Waals surface area contributed by atoms with Crippen molar-refractivity contribution < 1.29 is 19.4 Å². The lowest BCUT2D eigenvalue weighted by molar-refractivity contribution is -0.161. The second kappa shape index (κ2) is 8.57. The van der Waals surface area contributed by atoms with Crippen LogP contribution in [0.4, 0.5) is 0 Å². The molecule has 5 heteroatoms. The predicted octanol–water partition coefficient (Wildman–Crippen LogP) is 3.68. The van der Waals surface area contributed by atoms with E-state index in [2.05, 4.69) is 17.4 Å². The van der Waals surface area contributed by atoms with Crippen LogP contribution in [0.15, 0.2) is 48.5 Å². The molecule has 0 aromatic heterocycles. The fourth-order valence-electron chi connectivity index (χ4n) is 4.13. The van der Waals surface area contributed by atoms with Crippen LogP contribution in [0.25, 0.3) is 11.1 Å². The lowest BCUT2D eigenvalue weighted by atomic mass is 9.87. The number of esters is 1. The maximum atomic E-state index is 12.7. The van der Waals surface area contributed by atoms with Crippen molar-refractivity contribution in [2.45, 2.75) is 32.2 Å². The highest BCUT2D eigenvalue weighted by atomic mass is 16.5. The van der Waals surface area contributed by atoms with Crippen LogP contribution in [-0.2, 0) is 14.3 Å². The maximum Gasteiger partial charge on any atom is 0.321 e. The standard InChI is InChI=1S/C23H27NO4/c1-4-14(2)21(24-3)20(22(25)26)23(27)28-13-19-17-11-7-5-9-15(17)16-10-6-8-12-18(16)19/h5-12,14,19-21,24H,4,13H2,1-3H3,(H,25,26)/t14-,20?,21+/m0/s1. The Hall–Kier alpha value is -2.66. The van der Waals surface area contributed by atoms with E-state index in [1.165, 1.54) is 0 Å². The molecule has 0 bridgehead atoms. The number of hydrogen-bond donors (Lipinski definition) is 2. The molecule has 3 atom stereocenters. The molecule has 2 aromatic carbocycles. The Kier molecular flexibility index (Phi) is 6.15. The molecule has 0 heterocycles. The first kappa shape index (κ1) is 20.1. The molecule has 0 fully saturated rings. The van der Waals surface area contributed by atoms with Gasteiger partial charge < -0.3 is 15.2 Å². The average Bonchev–Trinajstić information content (AvgIpc) is 3.03. The van der Waals surface area contributed by atoms with Crippen LogP contribution in [0.1, 0.15) is 37.3 Å². The van der Waals surface area contributed by atoms with Gasteiger partial charge in [0.15, 0.2) is 5.92 Å². The van der Waals surface area contributed by atoms with Crippen molar-refractivity contribution in [3.05, 3.63) is 59.7 Å². The number of carboxylic acids is 1. The molecule has 1 unspecified atom stereocenters. The first-order valence-corrected chi connectivity index (χ1v) is 9.74. The van der Waals surface area contributed by atoms with Crippen LogP contribution in [0.3, 0.4) is 0 Å². The fourth-order valence-corrected chi connectivity index (χ4v) is 4.13. The van der Waals surface area contributed by atoms with Gasteiger partial charge in [-0.15, -0.1) is 0 Å². The molecule has 0 radical (unpaired) electrons. The van der Waals surface area contributed by atoms with Gasteiger partial charge in [-0.05, 0) is 35.2 Å². The second-order valence-electron chi connectivity index (χ2n) is 7.37. The molecular weight excluding hydrogens is 354 g/mol. The minimum absolute atomic E-state index is 0.0339. The first-order valence-electron chi connectivity index (χ1n) is 9.74. The molecule has 2 aromatic rings. The summed E-state index contributed by atoms with van der Waals surface area (Å²) in [5, 5.41) is 12.6. The van der Waals surface area contributed by atoms with Gasteiger partial charge in [0.2, 0.25) is 0 Å². The molecule has 0 saturated heterocycles. The van der Waals surface area contributed by atoms with Crippen LogP contribution in [0, 0.1) is 11.8 Å². The third kappa shape index (κ3) is 3.67. The quantitative estimate of drug-likeness (QED) is 0.539.